The Balaban J connectivity index is 1.72. The zero-order valence-corrected chi connectivity index (χ0v) is 11.7. The third-order valence-corrected chi connectivity index (χ3v) is 4.57. The van der Waals surface area contributed by atoms with Crippen LogP contribution in [0.4, 0.5) is 0 Å². The van der Waals surface area contributed by atoms with E-state index in [0.29, 0.717) is 18.4 Å². The molecular formula is C13H19N3O2S. The van der Waals surface area contributed by atoms with Crippen LogP contribution in [0, 0.1) is 5.92 Å². The number of hydrogen-bond acceptors (Lipinski definition) is 6. The number of piperidine rings is 1. The highest BCUT2D eigenvalue weighted by Gasteiger charge is 2.41. The van der Waals surface area contributed by atoms with Gasteiger partial charge in [0.15, 0.2) is 0 Å². The van der Waals surface area contributed by atoms with Crippen molar-refractivity contribution in [3.8, 4) is 5.88 Å². The summed E-state index contributed by atoms with van der Waals surface area (Å²) in [4.78, 5) is 2.32. The molecule has 0 amide bonds. The van der Waals surface area contributed by atoms with Crippen molar-refractivity contribution < 1.29 is 9.84 Å². The van der Waals surface area contributed by atoms with Crippen LogP contribution in [-0.2, 0) is 0 Å². The summed E-state index contributed by atoms with van der Waals surface area (Å²) in [5.74, 6) is 1.10. The lowest BCUT2D eigenvalue weighted by molar-refractivity contribution is 0.144. The highest BCUT2D eigenvalue weighted by molar-refractivity contribution is 6.99. The molecule has 3 heterocycles. The molecule has 4 unspecified atom stereocenters. The van der Waals surface area contributed by atoms with Crippen LogP contribution in [0.5, 0.6) is 5.88 Å². The van der Waals surface area contributed by atoms with Crippen LogP contribution in [0.25, 0.3) is 0 Å². The SMILES string of the molecule is C=CCCOc1nsnc1C1CCC2CN1CC2O. The number of aromatic nitrogens is 2. The van der Waals surface area contributed by atoms with Gasteiger partial charge in [-0.15, -0.1) is 11.0 Å². The quantitative estimate of drug-likeness (QED) is 0.656. The van der Waals surface area contributed by atoms with Crippen molar-refractivity contribution in [2.75, 3.05) is 19.7 Å². The van der Waals surface area contributed by atoms with Gasteiger partial charge in [0, 0.05) is 13.1 Å². The summed E-state index contributed by atoms with van der Waals surface area (Å²) >= 11 is 1.20. The molecule has 1 aromatic heterocycles. The van der Waals surface area contributed by atoms with E-state index in [9.17, 15) is 5.11 Å². The van der Waals surface area contributed by atoms with E-state index in [4.69, 9.17) is 4.74 Å². The first kappa shape index (κ1) is 13.0. The van der Waals surface area contributed by atoms with Gasteiger partial charge in [-0.2, -0.15) is 4.37 Å². The molecule has 0 saturated carbocycles. The minimum atomic E-state index is -0.179. The summed E-state index contributed by atoms with van der Waals surface area (Å²) in [7, 11) is 0. The molecule has 1 aromatic rings. The van der Waals surface area contributed by atoms with E-state index in [-0.39, 0.29) is 12.1 Å². The molecule has 0 aromatic carbocycles. The molecule has 2 fully saturated rings. The second kappa shape index (κ2) is 5.56. The van der Waals surface area contributed by atoms with E-state index < -0.39 is 0 Å². The fraction of sp³-hybridized carbons (Fsp3) is 0.692. The van der Waals surface area contributed by atoms with E-state index in [0.717, 1.165) is 38.0 Å². The largest absolute Gasteiger partial charge is 0.475 e. The van der Waals surface area contributed by atoms with Crippen molar-refractivity contribution in [1.82, 2.24) is 13.6 Å². The second-order valence-corrected chi connectivity index (χ2v) is 5.78. The van der Waals surface area contributed by atoms with Gasteiger partial charge >= 0.3 is 0 Å². The van der Waals surface area contributed by atoms with E-state index in [2.05, 4.69) is 20.2 Å². The van der Waals surface area contributed by atoms with Crippen molar-refractivity contribution in [2.45, 2.75) is 31.4 Å². The summed E-state index contributed by atoms with van der Waals surface area (Å²) in [5, 5.41) is 9.94. The van der Waals surface area contributed by atoms with E-state index in [1.165, 1.54) is 11.7 Å². The normalized spacial score (nSPS) is 33.3. The first-order valence-corrected chi connectivity index (χ1v) is 7.51. The molecule has 6 heteroatoms. The third kappa shape index (κ3) is 2.52. The molecule has 2 aliphatic heterocycles. The monoisotopic (exact) mass is 281 g/mol. The topological polar surface area (TPSA) is 58.5 Å². The zero-order chi connectivity index (χ0) is 13.2. The van der Waals surface area contributed by atoms with E-state index in [1.807, 2.05) is 6.08 Å². The molecule has 104 valence electrons. The summed E-state index contributed by atoms with van der Waals surface area (Å²) in [6.07, 6.45) is 4.56. The molecular weight excluding hydrogens is 262 g/mol. The van der Waals surface area contributed by atoms with Crippen LogP contribution in [0.2, 0.25) is 0 Å². The maximum Gasteiger partial charge on any atom is 0.250 e. The van der Waals surface area contributed by atoms with Crippen molar-refractivity contribution >= 4 is 11.7 Å². The van der Waals surface area contributed by atoms with Gasteiger partial charge in [0.05, 0.1) is 30.5 Å². The molecule has 3 rings (SSSR count). The fourth-order valence-corrected chi connectivity index (χ4v) is 3.57. The van der Waals surface area contributed by atoms with Gasteiger partial charge in [-0.1, -0.05) is 6.08 Å². The first-order valence-electron chi connectivity index (χ1n) is 6.78. The van der Waals surface area contributed by atoms with Crippen LogP contribution in [-0.4, -0.2) is 44.6 Å². The van der Waals surface area contributed by atoms with Crippen molar-refractivity contribution in [1.29, 1.82) is 0 Å². The summed E-state index contributed by atoms with van der Waals surface area (Å²) in [5.41, 5.74) is 0.946. The first-order chi connectivity index (χ1) is 9.29. The molecule has 5 nitrogen and oxygen atoms in total. The Morgan fingerprint density at radius 1 is 1.42 bits per heavy atom. The number of nitrogens with zero attached hydrogens (tertiary/aromatic N) is 3. The Morgan fingerprint density at radius 3 is 3.16 bits per heavy atom. The Kier molecular flexibility index (Phi) is 3.81. The van der Waals surface area contributed by atoms with Gasteiger partial charge in [0.25, 0.3) is 5.88 Å². The standard InChI is InChI=1S/C13H19N3O2S/c1-2-3-6-18-13-12(14-19-15-13)10-5-4-9-7-16(10)8-11(9)17/h2,9-11,17H,1,3-8H2. The van der Waals surface area contributed by atoms with Gasteiger partial charge in [-0.25, -0.2) is 0 Å². The van der Waals surface area contributed by atoms with Crippen LogP contribution >= 0.6 is 11.7 Å². The molecule has 19 heavy (non-hydrogen) atoms. The smallest absolute Gasteiger partial charge is 0.250 e. The molecule has 0 aliphatic carbocycles. The maximum absolute atomic E-state index is 9.94. The number of hydrogen-bond donors (Lipinski definition) is 1. The molecule has 2 saturated heterocycles. The lowest BCUT2D eigenvalue weighted by Crippen LogP contribution is -2.31. The Bertz CT molecular complexity index is 449. The van der Waals surface area contributed by atoms with Gasteiger partial charge < -0.3 is 9.84 Å². The molecule has 2 aliphatic rings. The number of ether oxygens (including phenoxy) is 1. The highest BCUT2D eigenvalue weighted by atomic mass is 32.1. The summed E-state index contributed by atoms with van der Waals surface area (Å²) in [6.45, 7) is 6.00. The van der Waals surface area contributed by atoms with Crippen LogP contribution < -0.4 is 4.74 Å². The van der Waals surface area contributed by atoms with Crippen LogP contribution in [0.3, 0.4) is 0 Å². The molecule has 2 bridgehead atoms. The minimum Gasteiger partial charge on any atom is -0.475 e. The number of aliphatic hydroxyl groups is 1. The number of aliphatic hydroxyl groups excluding tert-OH is 1. The van der Waals surface area contributed by atoms with Crippen LogP contribution in [0.15, 0.2) is 12.7 Å². The lowest BCUT2D eigenvalue weighted by atomic mass is 9.93. The van der Waals surface area contributed by atoms with Gasteiger partial charge in [-0.05, 0) is 25.2 Å². The van der Waals surface area contributed by atoms with E-state index in [1.54, 1.807) is 0 Å². The number of rotatable bonds is 5. The van der Waals surface area contributed by atoms with E-state index >= 15 is 0 Å². The average Bonchev–Trinajstić information content (AvgIpc) is 2.97. The Labute approximate surface area is 117 Å². The molecule has 0 radical (unpaired) electrons. The Hall–Kier alpha value is -0.980. The summed E-state index contributed by atoms with van der Waals surface area (Å²) in [6, 6.07) is 0.255. The molecule has 1 N–H and O–H groups in total. The molecule has 4 atom stereocenters. The lowest BCUT2D eigenvalue weighted by Gasteiger charge is -2.30. The zero-order valence-electron chi connectivity index (χ0n) is 10.9. The Morgan fingerprint density at radius 2 is 2.32 bits per heavy atom. The van der Waals surface area contributed by atoms with Crippen molar-refractivity contribution in [3.05, 3.63) is 18.3 Å². The van der Waals surface area contributed by atoms with Gasteiger partial charge in [0.2, 0.25) is 0 Å². The predicted molar refractivity (Wildman–Crippen MR) is 73.3 cm³/mol. The number of fused-ring (bicyclic) bond motifs is 2. The third-order valence-electron chi connectivity index (χ3n) is 4.04. The van der Waals surface area contributed by atoms with Gasteiger partial charge in [0.1, 0.15) is 5.69 Å². The fourth-order valence-electron chi connectivity index (χ4n) is 3.02. The average molecular weight is 281 g/mol. The minimum absolute atomic E-state index is 0.179. The second-order valence-electron chi connectivity index (χ2n) is 5.25. The summed E-state index contributed by atoms with van der Waals surface area (Å²) < 4.78 is 14.3. The predicted octanol–water partition coefficient (Wildman–Crippen LogP) is 1.62. The highest BCUT2D eigenvalue weighted by Crippen LogP contribution is 2.41. The van der Waals surface area contributed by atoms with Crippen molar-refractivity contribution in [2.24, 2.45) is 5.92 Å². The van der Waals surface area contributed by atoms with Gasteiger partial charge in [-0.3, -0.25) is 4.90 Å². The van der Waals surface area contributed by atoms with Crippen LogP contribution in [0.1, 0.15) is 31.0 Å². The maximum atomic E-state index is 9.94. The molecule has 0 spiro atoms. The van der Waals surface area contributed by atoms with Crippen molar-refractivity contribution in [3.63, 3.8) is 0 Å².